The summed E-state index contributed by atoms with van der Waals surface area (Å²) in [7, 11) is 0. The van der Waals surface area contributed by atoms with Gasteiger partial charge in [-0.15, -0.1) is 11.3 Å². The summed E-state index contributed by atoms with van der Waals surface area (Å²) >= 11 is 1.70. The van der Waals surface area contributed by atoms with Gasteiger partial charge >= 0.3 is 0 Å². The van der Waals surface area contributed by atoms with Gasteiger partial charge in [-0.05, 0) is 26.7 Å². The van der Waals surface area contributed by atoms with Crippen LogP contribution in [-0.4, -0.2) is 44.0 Å². The quantitative estimate of drug-likeness (QED) is 0.930. The average Bonchev–Trinajstić information content (AvgIpc) is 3.07. The number of aryl methyl sites for hydroxylation is 2. The minimum Gasteiger partial charge on any atom is -0.328 e. The second kappa shape index (κ2) is 6.21. The molecule has 6 nitrogen and oxygen atoms in total. The number of nitrogens with zero attached hydrogens (tertiary/aromatic N) is 5. The number of hydrogen-bond acceptors (Lipinski definition) is 6. The highest BCUT2D eigenvalue weighted by Gasteiger charge is 2.18. The van der Waals surface area contributed by atoms with Gasteiger partial charge in [-0.3, -0.25) is 4.90 Å². The third-order valence-electron chi connectivity index (χ3n) is 3.89. The van der Waals surface area contributed by atoms with Gasteiger partial charge in [-0.2, -0.15) is 15.0 Å². The van der Waals surface area contributed by atoms with Crippen LogP contribution in [0.15, 0.2) is 5.38 Å². The van der Waals surface area contributed by atoms with E-state index in [0.717, 1.165) is 61.1 Å². The number of likely N-dealkylation sites (tertiary alicyclic amines) is 1. The summed E-state index contributed by atoms with van der Waals surface area (Å²) in [6.07, 6.45) is 2.17. The zero-order valence-electron chi connectivity index (χ0n) is 12.6. The van der Waals surface area contributed by atoms with Gasteiger partial charge in [0.1, 0.15) is 16.4 Å². The van der Waals surface area contributed by atoms with Gasteiger partial charge in [-0.25, -0.2) is 4.98 Å². The topological polar surface area (TPSA) is 72.9 Å². The molecule has 21 heavy (non-hydrogen) atoms. The van der Waals surface area contributed by atoms with E-state index in [4.69, 9.17) is 10.7 Å². The lowest BCUT2D eigenvalue weighted by atomic mass is 10.1. The Hall–Kier alpha value is -1.31. The molecule has 3 rings (SSSR count). The largest absolute Gasteiger partial charge is 0.328 e. The van der Waals surface area contributed by atoms with Crippen LogP contribution in [-0.2, 0) is 13.1 Å². The first-order chi connectivity index (χ1) is 10.2. The van der Waals surface area contributed by atoms with Gasteiger partial charge in [-0.1, -0.05) is 0 Å². The summed E-state index contributed by atoms with van der Waals surface area (Å²) in [5, 5.41) is 12.1. The molecule has 1 saturated heterocycles. The zero-order chi connectivity index (χ0) is 14.8. The minimum absolute atomic E-state index is 0.375. The highest BCUT2D eigenvalue weighted by atomic mass is 32.1. The van der Waals surface area contributed by atoms with Gasteiger partial charge < -0.3 is 5.73 Å². The lowest BCUT2D eigenvalue weighted by molar-refractivity contribution is 0.205. The Labute approximate surface area is 129 Å². The predicted octanol–water partition coefficient (Wildman–Crippen LogP) is 1.65. The van der Waals surface area contributed by atoms with E-state index in [1.165, 1.54) is 0 Å². The van der Waals surface area contributed by atoms with Gasteiger partial charge in [0.05, 0.1) is 18.8 Å². The molecule has 1 fully saturated rings. The minimum atomic E-state index is 0.375. The molecule has 0 spiro atoms. The van der Waals surface area contributed by atoms with E-state index in [1.54, 1.807) is 16.1 Å². The van der Waals surface area contributed by atoms with Gasteiger partial charge in [0.2, 0.25) is 0 Å². The van der Waals surface area contributed by atoms with Crippen LogP contribution in [0.5, 0.6) is 0 Å². The third kappa shape index (κ3) is 3.30. The number of nitrogens with two attached hydrogens (primary N) is 1. The van der Waals surface area contributed by atoms with Crippen molar-refractivity contribution in [3.8, 4) is 11.4 Å². The summed E-state index contributed by atoms with van der Waals surface area (Å²) in [6, 6.07) is 0.375. The van der Waals surface area contributed by atoms with Gasteiger partial charge in [0.25, 0.3) is 0 Å². The predicted molar refractivity (Wildman–Crippen MR) is 84.0 cm³/mol. The number of piperidine rings is 1. The van der Waals surface area contributed by atoms with Crippen molar-refractivity contribution in [3.05, 3.63) is 16.1 Å². The molecule has 0 amide bonds. The molecule has 1 aliphatic rings. The summed E-state index contributed by atoms with van der Waals surface area (Å²) in [5.41, 5.74) is 8.74. The molecule has 0 saturated carbocycles. The second-order valence-electron chi connectivity index (χ2n) is 5.56. The van der Waals surface area contributed by atoms with Crippen molar-refractivity contribution in [3.63, 3.8) is 0 Å². The maximum Gasteiger partial charge on any atom is 0.135 e. The van der Waals surface area contributed by atoms with Crippen LogP contribution in [0.3, 0.4) is 0 Å². The fraction of sp³-hybridized carbons (Fsp3) is 0.643. The Morgan fingerprint density at radius 2 is 2.10 bits per heavy atom. The zero-order valence-corrected chi connectivity index (χ0v) is 13.4. The number of hydrogen-bond donors (Lipinski definition) is 1. The first kappa shape index (κ1) is 14.6. The van der Waals surface area contributed by atoms with Crippen LogP contribution in [0.25, 0.3) is 11.4 Å². The second-order valence-corrected chi connectivity index (χ2v) is 6.51. The van der Waals surface area contributed by atoms with Gasteiger partial charge in [0, 0.05) is 24.5 Å². The molecule has 0 unspecified atom stereocenters. The van der Waals surface area contributed by atoms with Crippen molar-refractivity contribution < 1.29 is 0 Å². The molecule has 3 heterocycles. The molecule has 2 aromatic heterocycles. The van der Waals surface area contributed by atoms with E-state index in [2.05, 4.69) is 20.5 Å². The molecule has 0 bridgehead atoms. The van der Waals surface area contributed by atoms with Crippen molar-refractivity contribution in [2.45, 2.75) is 45.8 Å². The Kier molecular flexibility index (Phi) is 4.32. The van der Waals surface area contributed by atoms with Crippen molar-refractivity contribution in [2.24, 2.45) is 5.73 Å². The lowest BCUT2D eigenvalue weighted by Crippen LogP contribution is -2.39. The Bertz CT molecular complexity index is 596. The van der Waals surface area contributed by atoms with E-state index in [-0.39, 0.29) is 0 Å². The lowest BCUT2D eigenvalue weighted by Gasteiger charge is -2.29. The van der Waals surface area contributed by atoms with E-state index < -0.39 is 0 Å². The molecule has 114 valence electrons. The highest BCUT2D eigenvalue weighted by molar-refractivity contribution is 7.09. The maximum absolute atomic E-state index is 5.95. The molecular formula is C14H22N6S. The Morgan fingerprint density at radius 1 is 1.33 bits per heavy atom. The van der Waals surface area contributed by atoms with Crippen molar-refractivity contribution in [2.75, 3.05) is 13.1 Å². The van der Waals surface area contributed by atoms with E-state index in [0.29, 0.717) is 6.04 Å². The first-order valence-corrected chi connectivity index (χ1v) is 8.38. The first-order valence-electron chi connectivity index (χ1n) is 7.50. The molecule has 0 radical (unpaired) electrons. The standard InChI is InChI=1S/C14H22N6S/c1-3-20-17-10(2)14(18-20)12-9-21-13(16-12)8-19-6-4-11(15)5-7-19/h9,11H,3-8,15H2,1-2H3. The molecule has 0 aliphatic carbocycles. The Balaban J connectivity index is 1.69. The van der Waals surface area contributed by atoms with E-state index in [1.807, 2.05) is 13.8 Å². The molecule has 0 atom stereocenters. The molecule has 2 aromatic rings. The molecule has 2 N–H and O–H groups in total. The van der Waals surface area contributed by atoms with Gasteiger partial charge in [0.15, 0.2) is 0 Å². The van der Waals surface area contributed by atoms with E-state index in [9.17, 15) is 0 Å². The fourth-order valence-electron chi connectivity index (χ4n) is 2.60. The average molecular weight is 306 g/mol. The fourth-order valence-corrected chi connectivity index (χ4v) is 3.42. The van der Waals surface area contributed by atoms with Crippen molar-refractivity contribution >= 4 is 11.3 Å². The number of rotatable bonds is 4. The smallest absolute Gasteiger partial charge is 0.135 e. The van der Waals surface area contributed by atoms with Crippen LogP contribution < -0.4 is 5.73 Å². The Morgan fingerprint density at radius 3 is 2.76 bits per heavy atom. The highest BCUT2D eigenvalue weighted by Crippen LogP contribution is 2.23. The normalized spacial score (nSPS) is 17.5. The van der Waals surface area contributed by atoms with Crippen molar-refractivity contribution in [1.82, 2.24) is 24.9 Å². The number of thiazole rings is 1. The SMILES string of the molecule is CCn1nc(C)c(-c2csc(CN3CCC(N)CC3)n2)n1. The number of aromatic nitrogens is 4. The van der Waals surface area contributed by atoms with Crippen LogP contribution in [0.2, 0.25) is 0 Å². The molecular weight excluding hydrogens is 284 g/mol. The molecule has 7 heteroatoms. The summed E-state index contributed by atoms with van der Waals surface area (Å²) in [4.78, 5) is 8.88. The van der Waals surface area contributed by atoms with Crippen molar-refractivity contribution in [1.29, 1.82) is 0 Å². The van der Waals surface area contributed by atoms with Crippen LogP contribution in [0.4, 0.5) is 0 Å². The van der Waals surface area contributed by atoms with Crippen LogP contribution >= 0.6 is 11.3 Å². The maximum atomic E-state index is 5.95. The monoisotopic (exact) mass is 306 g/mol. The summed E-state index contributed by atoms with van der Waals surface area (Å²) in [5.74, 6) is 0. The molecule has 1 aliphatic heterocycles. The molecule has 0 aromatic carbocycles. The summed E-state index contributed by atoms with van der Waals surface area (Å²) < 4.78 is 0. The van der Waals surface area contributed by atoms with E-state index >= 15 is 0 Å². The van der Waals surface area contributed by atoms with Crippen LogP contribution in [0.1, 0.15) is 30.5 Å². The summed E-state index contributed by atoms with van der Waals surface area (Å²) in [6.45, 7) is 7.86. The van der Waals surface area contributed by atoms with Crippen LogP contribution in [0, 0.1) is 6.92 Å². The third-order valence-corrected chi connectivity index (χ3v) is 4.73.